The van der Waals surface area contributed by atoms with E-state index in [9.17, 15) is 4.79 Å². The summed E-state index contributed by atoms with van der Waals surface area (Å²) in [6.07, 6.45) is 0.755. The van der Waals surface area contributed by atoms with Crippen molar-refractivity contribution in [2.24, 2.45) is 0 Å². The van der Waals surface area contributed by atoms with E-state index >= 15 is 0 Å². The molecule has 206 valence electrons. The summed E-state index contributed by atoms with van der Waals surface area (Å²) >= 11 is 0. The van der Waals surface area contributed by atoms with Gasteiger partial charge in [0.25, 0.3) is 8.32 Å². The molecule has 2 aromatic carbocycles. The van der Waals surface area contributed by atoms with Crippen molar-refractivity contribution in [1.82, 2.24) is 9.97 Å². The van der Waals surface area contributed by atoms with Gasteiger partial charge in [-0.15, -0.1) is 0 Å². The zero-order valence-corrected chi connectivity index (χ0v) is 24.7. The summed E-state index contributed by atoms with van der Waals surface area (Å²) < 4.78 is 13.3. The maximum Gasteiger partial charge on any atom is 0.261 e. The van der Waals surface area contributed by atoms with Crippen LogP contribution in [0.4, 0.5) is 17.5 Å². The van der Waals surface area contributed by atoms with Gasteiger partial charge in [0.15, 0.2) is 5.82 Å². The number of aromatic nitrogens is 2. The molecule has 3 atom stereocenters. The fourth-order valence-electron chi connectivity index (χ4n) is 5.70. The Balaban J connectivity index is 1.32. The van der Waals surface area contributed by atoms with Gasteiger partial charge < -0.3 is 24.7 Å². The molecule has 2 unspecified atom stereocenters. The van der Waals surface area contributed by atoms with E-state index in [-0.39, 0.29) is 29.1 Å². The van der Waals surface area contributed by atoms with Gasteiger partial charge in [-0.3, -0.25) is 4.79 Å². The number of carbonyl (C=O) groups is 1. The number of carbonyl (C=O) groups excluding carboxylic acids is 1. The van der Waals surface area contributed by atoms with Crippen LogP contribution in [0.25, 0.3) is 0 Å². The van der Waals surface area contributed by atoms with Crippen LogP contribution in [0.3, 0.4) is 0 Å². The normalized spacial score (nSPS) is 21.4. The molecule has 0 bridgehead atoms. The second-order valence-electron chi connectivity index (χ2n) is 11.6. The van der Waals surface area contributed by atoms with Gasteiger partial charge in [-0.05, 0) is 35.7 Å². The molecule has 1 amide bonds. The SMILES string of the molecule is Cc1nc(NC2COC(CO[Si](c3ccccc3)(c3ccccc3)C(C)(C)C)C2)nc2c1NC(=O)[C@H](C)N2C. The first-order valence-corrected chi connectivity index (χ1v) is 15.6. The number of likely N-dealkylation sites (N-methyl/N-ethyl adjacent to an activating group) is 1. The van der Waals surface area contributed by atoms with Crippen LogP contribution in [0, 0.1) is 6.92 Å². The lowest BCUT2D eigenvalue weighted by atomic mass is 10.1. The number of aryl methyl sites for hydroxylation is 1. The molecule has 1 aromatic heterocycles. The molecule has 2 N–H and O–H groups in total. The van der Waals surface area contributed by atoms with Crippen LogP contribution in [0.2, 0.25) is 5.04 Å². The predicted molar refractivity (Wildman–Crippen MR) is 159 cm³/mol. The van der Waals surface area contributed by atoms with E-state index in [4.69, 9.17) is 14.1 Å². The molecule has 0 spiro atoms. The number of rotatable bonds is 7. The number of anilines is 3. The molecule has 39 heavy (non-hydrogen) atoms. The zero-order valence-electron chi connectivity index (χ0n) is 23.7. The van der Waals surface area contributed by atoms with Crippen molar-refractivity contribution in [1.29, 1.82) is 0 Å². The Kier molecular flexibility index (Phi) is 7.50. The largest absolute Gasteiger partial charge is 0.405 e. The van der Waals surface area contributed by atoms with Crippen molar-refractivity contribution in [2.45, 2.75) is 64.3 Å². The third-order valence-corrected chi connectivity index (χ3v) is 12.9. The molecule has 2 aliphatic rings. The maximum atomic E-state index is 12.2. The molecule has 0 aliphatic carbocycles. The van der Waals surface area contributed by atoms with Crippen LogP contribution in [0.1, 0.15) is 39.8 Å². The summed E-state index contributed by atoms with van der Waals surface area (Å²) in [5, 5.41) is 8.85. The van der Waals surface area contributed by atoms with Crippen LogP contribution in [0.5, 0.6) is 0 Å². The lowest BCUT2D eigenvalue weighted by Crippen LogP contribution is -2.67. The summed E-state index contributed by atoms with van der Waals surface area (Å²) in [6.45, 7) is 11.7. The molecule has 8 nitrogen and oxygen atoms in total. The van der Waals surface area contributed by atoms with E-state index in [1.54, 1.807) is 0 Å². The molecule has 2 aliphatic heterocycles. The number of nitrogens with zero attached hydrogens (tertiary/aromatic N) is 3. The number of amides is 1. The van der Waals surface area contributed by atoms with E-state index < -0.39 is 8.32 Å². The third kappa shape index (κ3) is 5.18. The van der Waals surface area contributed by atoms with Crippen molar-refractivity contribution < 1.29 is 14.0 Å². The maximum absolute atomic E-state index is 12.2. The summed E-state index contributed by atoms with van der Waals surface area (Å²) in [5.74, 6) is 1.22. The molecule has 0 radical (unpaired) electrons. The number of ether oxygens (including phenoxy) is 1. The van der Waals surface area contributed by atoms with Crippen molar-refractivity contribution in [3.8, 4) is 0 Å². The fourth-order valence-corrected chi connectivity index (χ4v) is 10.3. The molecule has 0 saturated carbocycles. The predicted octanol–water partition coefficient (Wildman–Crippen LogP) is 3.71. The van der Waals surface area contributed by atoms with E-state index in [0.717, 1.165) is 17.9 Å². The van der Waals surface area contributed by atoms with Crippen molar-refractivity contribution >= 4 is 42.1 Å². The summed E-state index contributed by atoms with van der Waals surface area (Å²) in [7, 11) is -0.738. The van der Waals surface area contributed by atoms with Crippen molar-refractivity contribution in [3.63, 3.8) is 0 Å². The number of hydrogen-bond donors (Lipinski definition) is 2. The van der Waals surface area contributed by atoms with Crippen LogP contribution in [0.15, 0.2) is 60.7 Å². The number of benzene rings is 2. The van der Waals surface area contributed by atoms with Crippen molar-refractivity contribution in [3.05, 3.63) is 66.4 Å². The van der Waals surface area contributed by atoms with Crippen LogP contribution in [-0.2, 0) is 14.0 Å². The van der Waals surface area contributed by atoms with Gasteiger partial charge in [0.1, 0.15) is 11.7 Å². The van der Waals surface area contributed by atoms with E-state index in [1.165, 1.54) is 10.4 Å². The van der Waals surface area contributed by atoms with Crippen molar-refractivity contribution in [2.75, 3.05) is 35.8 Å². The summed E-state index contributed by atoms with van der Waals surface area (Å²) in [4.78, 5) is 23.5. The smallest absolute Gasteiger partial charge is 0.261 e. The average molecular weight is 546 g/mol. The highest BCUT2D eigenvalue weighted by atomic mass is 28.4. The first kappa shape index (κ1) is 27.3. The highest BCUT2D eigenvalue weighted by molar-refractivity contribution is 6.99. The number of fused-ring (bicyclic) bond motifs is 1. The van der Waals surface area contributed by atoms with Crippen LogP contribution < -0.4 is 25.9 Å². The Morgan fingerprint density at radius 1 is 1.08 bits per heavy atom. The highest BCUT2D eigenvalue weighted by Gasteiger charge is 2.50. The van der Waals surface area contributed by atoms with E-state index in [2.05, 4.69) is 97.1 Å². The monoisotopic (exact) mass is 545 g/mol. The van der Waals surface area contributed by atoms with Gasteiger partial charge in [0.2, 0.25) is 11.9 Å². The van der Waals surface area contributed by atoms with E-state index in [0.29, 0.717) is 24.8 Å². The minimum Gasteiger partial charge on any atom is -0.405 e. The second-order valence-corrected chi connectivity index (χ2v) is 15.9. The van der Waals surface area contributed by atoms with E-state index in [1.807, 2.05) is 25.8 Å². The molecule has 1 saturated heterocycles. The van der Waals surface area contributed by atoms with Crippen LogP contribution in [-0.4, -0.2) is 62.6 Å². The molecule has 5 rings (SSSR count). The molecular weight excluding hydrogens is 506 g/mol. The van der Waals surface area contributed by atoms with Gasteiger partial charge in [-0.2, -0.15) is 4.98 Å². The van der Waals surface area contributed by atoms with Gasteiger partial charge in [0, 0.05) is 7.05 Å². The molecular formula is C30H39N5O3Si. The van der Waals surface area contributed by atoms with Crippen LogP contribution >= 0.6 is 0 Å². The lowest BCUT2D eigenvalue weighted by Gasteiger charge is -2.43. The highest BCUT2D eigenvalue weighted by Crippen LogP contribution is 2.37. The Hall–Kier alpha value is -3.27. The van der Waals surface area contributed by atoms with Gasteiger partial charge in [0.05, 0.1) is 31.1 Å². The topological polar surface area (TPSA) is 88.6 Å². The first-order valence-electron chi connectivity index (χ1n) is 13.7. The Labute approximate surface area is 232 Å². The van der Waals surface area contributed by atoms with Gasteiger partial charge in [-0.1, -0.05) is 81.4 Å². The third-order valence-electron chi connectivity index (χ3n) is 7.93. The Morgan fingerprint density at radius 3 is 2.28 bits per heavy atom. The quantitative estimate of drug-likeness (QED) is 0.438. The lowest BCUT2D eigenvalue weighted by molar-refractivity contribution is -0.117. The molecule has 3 heterocycles. The number of nitrogens with one attached hydrogen (secondary N) is 2. The summed E-state index contributed by atoms with van der Waals surface area (Å²) in [6, 6.07) is 21.1. The van der Waals surface area contributed by atoms with Gasteiger partial charge in [-0.25, -0.2) is 4.98 Å². The average Bonchev–Trinajstić information content (AvgIpc) is 3.36. The number of hydrogen-bond acceptors (Lipinski definition) is 7. The van der Waals surface area contributed by atoms with Gasteiger partial charge >= 0.3 is 0 Å². The second kappa shape index (κ2) is 10.7. The molecule has 1 fully saturated rings. The molecule has 9 heteroatoms. The Morgan fingerprint density at radius 2 is 1.69 bits per heavy atom. The molecule has 3 aromatic rings. The fraction of sp³-hybridized carbons (Fsp3) is 0.433. The first-order chi connectivity index (χ1) is 18.6. The minimum absolute atomic E-state index is 0.0372. The zero-order chi connectivity index (χ0) is 27.8. The minimum atomic E-state index is -2.62. The standard InChI is InChI=1S/C30H39N5O3Si/c1-20-26-27(35(6)21(2)28(36)33-26)34-29(31-20)32-22-17-23(37-18-22)19-38-39(30(3,4)5,24-13-9-7-10-14-24)25-15-11-8-12-16-25/h7-16,21-23H,17-19H2,1-6H3,(H,33,36)(H,31,32,34)/t21-,22?,23?/m0/s1. The summed E-state index contributed by atoms with van der Waals surface area (Å²) in [5.41, 5.74) is 1.41. The Bertz CT molecular complexity index is 1280.